The number of nitrogens with two attached hydrogens (primary N) is 1. The summed E-state index contributed by atoms with van der Waals surface area (Å²) in [7, 11) is 0. The van der Waals surface area contributed by atoms with Crippen molar-refractivity contribution in [2.24, 2.45) is 11.7 Å². The average Bonchev–Trinajstić information content (AvgIpc) is 3.28. The van der Waals surface area contributed by atoms with Crippen LogP contribution in [0.25, 0.3) is 5.69 Å². The van der Waals surface area contributed by atoms with E-state index in [9.17, 15) is 18.0 Å². The highest BCUT2D eigenvalue weighted by atomic mass is 19.4. The molecule has 24 heavy (non-hydrogen) atoms. The Morgan fingerprint density at radius 3 is 2.75 bits per heavy atom. The minimum Gasteiger partial charge on any atom is -0.349 e. The zero-order chi connectivity index (χ0) is 17.3. The molecular weight excluding hydrogens is 323 g/mol. The third kappa shape index (κ3) is 3.56. The Bertz CT molecular complexity index is 739. The van der Waals surface area contributed by atoms with Crippen molar-refractivity contribution in [1.82, 2.24) is 20.3 Å². The standard InChI is InChI=1S/C15H16F3N5O/c16-15(17,18)10-3-1-2-4-13(10)23-8-12(21-22-23)14(24)20-7-11(19)9-5-6-9/h1-4,8-9,11H,5-7,19H2,(H,20,24). The quantitative estimate of drug-likeness (QED) is 0.869. The normalized spacial score (nSPS) is 16.0. The van der Waals surface area contributed by atoms with Gasteiger partial charge in [0.2, 0.25) is 0 Å². The fourth-order valence-electron chi connectivity index (χ4n) is 2.39. The summed E-state index contributed by atoms with van der Waals surface area (Å²) < 4.78 is 40.1. The van der Waals surface area contributed by atoms with Crippen LogP contribution in [-0.2, 0) is 6.18 Å². The number of amides is 1. The molecule has 0 spiro atoms. The molecule has 6 nitrogen and oxygen atoms in total. The molecule has 128 valence electrons. The summed E-state index contributed by atoms with van der Waals surface area (Å²) in [5, 5.41) is 9.91. The highest BCUT2D eigenvalue weighted by Gasteiger charge is 2.34. The van der Waals surface area contributed by atoms with E-state index in [4.69, 9.17) is 5.73 Å². The van der Waals surface area contributed by atoms with Gasteiger partial charge in [-0.3, -0.25) is 4.79 Å². The van der Waals surface area contributed by atoms with Gasteiger partial charge in [0.25, 0.3) is 5.91 Å². The lowest BCUT2D eigenvalue weighted by molar-refractivity contribution is -0.137. The largest absolute Gasteiger partial charge is 0.418 e. The fourth-order valence-corrected chi connectivity index (χ4v) is 2.39. The Morgan fingerprint density at radius 1 is 1.38 bits per heavy atom. The van der Waals surface area contributed by atoms with E-state index in [1.807, 2.05) is 0 Å². The van der Waals surface area contributed by atoms with Crippen LogP contribution in [0, 0.1) is 5.92 Å². The van der Waals surface area contributed by atoms with Gasteiger partial charge in [-0.2, -0.15) is 13.2 Å². The van der Waals surface area contributed by atoms with E-state index >= 15 is 0 Å². The van der Waals surface area contributed by atoms with Crippen LogP contribution >= 0.6 is 0 Å². The number of rotatable bonds is 5. The number of nitrogens with one attached hydrogen (secondary N) is 1. The minimum absolute atomic E-state index is 0.0602. The molecule has 2 aromatic rings. The van der Waals surface area contributed by atoms with Crippen molar-refractivity contribution in [1.29, 1.82) is 0 Å². The van der Waals surface area contributed by atoms with Gasteiger partial charge in [-0.25, -0.2) is 4.68 Å². The smallest absolute Gasteiger partial charge is 0.349 e. The van der Waals surface area contributed by atoms with E-state index in [0.717, 1.165) is 23.6 Å². The van der Waals surface area contributed by atoms with Crippen molar-refractivity contribution >= 4 is 5.91 Å². The van der Waals surface area contributed by atoms with Crippen LogP contribution in [0.1, 0.15) is 28.9 Å². The van der Waals surface area contributed by atoms with Gasteiger partial charge in [0.1, 0.15) is 0 Å². The van der Waals surface area contributed by atoms with Crippen LogP contribution in [0.3, 0.4) is 0 Å². The van der Waals surface area contributed by atoms with E-state index < -0.39 is 17.6 Å². The number of para-hydroxylation sites is 1. The first kappa shape index (κ1) is 16.4. The highest BCUT2D eigenvalue weighted by molar-refractivity contribution is 5.91. The second-order valence-electron chi connectivity index (χ2n) is 5.77. The molecule has 1 atom stereocenters. The molecule has 1 aromatic carbocycles. The molecule has 3 N–H and O–H groups in total. The van der Waals surface area contributed by atoms with Crippen LogP contribution in [0.15, 0.2) is 30.5 Å². The number of nitrogens with zero attached hydrogens (tertiary/aromatic N) is 3. The number of halogens is 3. The van der Waals surface area contributed by atoms with E-state index in [1.54, 1.807) is 0 Å². The van der Waals surface area contributed by atoms with Gasteiger partial charge in [0.05, 0.1) is 17.4 Å². The average molecular weight is 339 g/mol. The van der Waals surface area contributed by atoms with Gasteiger partial charge in [-0.15, -0.1) is 5.10 Å². The summed E-state index contributed by atoms with van der Waals surface area (Å²) in [6.07, 6.45) is -1.24. The minimum atomic E-state index is -4.53. The first-order chi connectivity index (χ1) is 11.4. The molecule has 0 aliphatic heterocycles. The van der Waals surface area contributed by atoms with Crippen LogP contribution in [0.4, 0.5) is 13.2 Å². The molecule has 1 fully saturated rings. The lowest BCUT2D eigenvalue weighted by Gasteiger charge is -2.11. The lowest BCUT2D eigenvalue weighted by Crippen LogP contribution is -2.38. The summed E-state index contributed by atoms with van der Waals surface area (Å²) in [5.74, 6) is -0.0820. The molecule has 0 bridgehead atoms. The number of benzene rings is 1. The zero-order valence-electron chi connectivity index (χ0n) is 12.6. The molecule has 0 radical (unpaired) electrons. The fraction of sp³-hybridized carbons (Fsp3) is 0.400. The Kier molecular flexibility index (Phi) is 4.27. The Hall–Kier alpha value is -2.42. The number of aromatic nitrogens is 3. The zero-order valence-corrected chi connectivity index (χ0v) is 12.6. The first-order valence-electron chi connectivity index (χ1n) is 7.49. The third-order valence-electron chi connectivity index (χ3n) is 3.91. The van der Waals surface area contributed by atoms with Crippen molar-refractivity contribution < 1.29 is 18.0 Å². The number of carbonyl (C=O) groups excluding carboxylic acids is 1. The Morgan fingerprint density at radius 2 is 2.08 bits per heavy atom. The number of alkyl halides is 3. The van der Waals surface area contributed by atoms with Crippen LogP contribution in [0.5, 0.6) is 0 Å². The van der Waals surface area contributed by atoms with Crippen molar-refractivity contribution in [3.05, 3.63) is 41.7 Å². The number of hydrogen-bond donors (Lipinski definition) is 2. The molecule has 1 amide bonds. The molecule has 1 aromatic heterocycles. The third-order valence-corrected chi connectivity index (χ3v) is 3.91. The summed E-state index contributed by atoms with van der Waals surface area (Å²) in [4.78, 5) is 12.0. The predicted molar refractivity (Wildman–Crippen MR) is 79.4 cm³/mol. The van der Waals surface area contributed by atoms with Crippen molar-refractivity contribution in [3.8, 4) is 5.69 Å². The number of carbonyl (C=O) groups is 1. The molecule has 0 saturated heterocycles. The topological polar surface area (TPSA) is 85.8 Å². The maximum atomic E-state index is 13.0. The van der Waals surface area contributed by atoms with Crippen LogP contribution in [-0.4, -0.2) is 33.5 Å². The molecule has 1 heterocycles. The van der Waals surface area contributed by atoms with E-state index in [2.05, 4.69) is 15.6 Å². The monoisotopic (exact) mass is 339 g/mol. The molecular formula is C15H16F3N5O. The summed E-state index contributed by atoms with van der Waals surface area (Å²) in [5.41, 5.74) is 4.79. The second-order valence-corrected chi connectivity index (χ2v) is 5.77. The van der Waals surface area contributed by atoms with Gasteiger partial charge < -0.3 is 11.1 Å². The van der Waals surface area contributed by atoms with Gasteiger partial charge in [0, 0.05) is 12.6 Å². The van der Waals surface area contributed by atoms with E-state index in [1.165, 1.54) is 24.4 Å². The van der Waals surface area contributed by atoms with Crippen molar-refractivity contribution in [3.63, 3.8) is 0 Å². The van der Waals surface area contributed by atoms with Crippen LogP contribution < -0.4 is 11.1 Å². The van der Waals surface area contributed by atoms with Gasteiger partial charge in [-0.1, -0.05) is 17.3 Å². The van der Waals surface area contributed by atoms with Gasteiger partial charge >= 0.3 is 6.18 Å². The Labute approximate surface area is 135 Å². The summed E-state index contributed by atoms with van der Waals surface area (Å²) >= 11 is 0. The SMILES string of the molecule is NC(CNC(=O)c1cn(-c2ccccc2C(F)(F)F)nn1)C1CC1. The number of hydrogen-bond acceptors (Lipinski definition) is 4. The molecule has 9 heteroatoms. The maximum Gasteiger partial charge on any atom is 0.418 e. The van der Waals surface area contributed by atoms with E-state index in [-0.39, 0.29) is 17.4 Å². The Balaban J connectivity index is 1.75. The maximum absolute atomic E-state index is 13.0. The predicted octanol–water partition coefficient (Wildman–Crippen LogP) is 1.75. The van der Waals surface area contributed by atoms with Crippen molar-refractivity contribution in [2.75, 3.05) is 6.54 Å². The summed E-state index contributed by atoms with van der Waals surface area (Å²) in [6, 6.07) is 4.85. The summed E-state index contributed by atoms with van der Waals surface area (Å²) in [6.45, 7) is 0.301. The second kappa shape index (κ2) is 6.23. The highest BCUT2D eigenvalue weighted by Crippen LogP contribution is 2.33. The molecule has 1 aliphatic carbocycles. The lowest BCUT2D eigenvalue weighted by atomic mass is 10.1. The van der Waals surface area contributed by atoms with Crippen molar-refractivity contribution in [2.45, 2.75) is 25.1 Å². The van der Waals surface area contributed by atoms with Gasteiger partial charge in [-0.05, 0) is 30.9 Å². The first-order valence-corrected chi connectivity index (χ1v) is 7.49. The van der Waals surface area contributed by atoms with Crippen LogP contribution in [0.2, 0.25) is 0 Å². The molecule has 1 unspecified atom stereocenters. The molecule has 1 aliphatic rings. The van der Waals surface area contributed by atoms with E-state index in [0.29, 0.717) is 12.5 Å². The van der Waals surface area contributed by atoms with Gasteiger partial charge in [0.15, 0.2) is 5.69 Å². The molecule has 3 rings (SSSR count). The molecule has 1 saturated carbocycles.